The zero-order valence-electron chi connectivity index (χ0n) is 16.5. The Morgan fingerprint density at radius 3 is 2.57 bits per heavy atom. The minimum atomic E-state index is -0.0548. The van der Waals surface area contributed by atoms with Crippen molar-refractivity contribution in [3.63, 3.8) is 0 Å². The largest absolute Gasteiger partial charge is 0.339 e. The second kappa shape index (κ2) is 7.66. The standard InChI is InChI=1S/C20H27N5O2S/c1-3-23(4-2)19(27)16-13-25(22-21-16)17-5-7-20(17)8-10-24(11-9-20)18(26)15-6-12-28-14-15/h6,12-14,17H,3-5,7-11H2,1-2H3. The highest BCUT2D eigenvalue weighted by atomic mass is 32.1. The Bertz CT molecular complexity index is 835. The van der Waals surface area contributed by atoms with Gasteiger partial charge in [0, 0.05) is 31.6 Å². The number of amides is 2. The molecule has 1 aliphatic carbocycles. The van der Waals surface area contributed by atoms with Crippen LogP contribution >= 0.6 is 11.3 Å². The average Bonchev–Trinajstić information content (AvgIpc) is 3.40. The first kappa shape index (κ1) is 19.1. The van der Waals surface area contributed by atoms with E-state index in [9.17, 15) is 9.59 Å². The van der Waals surface area contributed by atoms with Gasteiger partial charge in [0.15, 0.2) is 5.69 Å². The van der Waals surface area contributed by atoms with Crippen molar-refractivity contribution >= 4 is 23.2 Å². The number of carbonyl (C=O) groups excluding carboxylic acids is 2. The summed E-state index contributed by atoms with van der Waals surface area (Å²) >= 11 is 1.56. The first-order valence-electron chi connectivity index (χ1n) is 10.1. The molecule has 7 nitrogen and oxygen atoms in total. The van der Waals surface area contributed by atoms with Crippen LogP contribution in [0.4, 0.5) is 0 Å². The molecule has 0 bridgehead atoms. The van der Waals surface area contributed by atoms with Gasteiger partial charge in [0.1, 0.15) is 0 Å². The SMILES string of the molecule is CCN(CC)C(=O)c1cn(C2CCC23CCN(C(=O)c2ccsc2)CC3)nn1. The fourth-order valence-electron chi connectivity index (χ4n) is 4.60. The van der Waals surface area contributed by atoms with Crippen molar-refractivity contribution in [2.75, 3.05) is 26.2 Å². The molecule has 1 spiro atoms. The fourth-order valence-corrected chi connectivity index (χ4v) is 5.23. The second-order valence-corrected chi connectivity index (χ2v) is 8.56. The van der Waals surface area contributed by atoms with Crippen LogP contribution in [0.25, 0.3) is 0 Å². The van der Waals surface area contributed by atoms with Crippen LogP contribution in [-0.4, -0.2) is 62.8 Å². The van der Waals surface area contributed by atoms with Gasteiger partial charge in [-0.15, -0.1) is 5.10 Å². The minimum Gasteiger partial charge on any atom is -0.339 e. The van der Waals surface area contributed by atoms with Crippen molar-refractivity contribution < 1.29 is 9.59 Å². The van der Waals surface area contributed by atoms with Crippen LogP contribution in [0.3, 0.4) is 0 Å². The van der Waals surface area contributed by atoms with Gasteiger partial charge >= 0.3 is 0 Å². The summed E-state index contributed by atoms with van der Waals surface area (Å²) in [6.07, 6.45) is 5.98. The Labute approximate surface area is 169 Å². The Kier molecular flexibility index (Phi) is 5.23. The number of rotatable bonds is 5. The zero-order chi connectivity index (χ0) is 19.7. The van der Waals surface area contributed by atoms with Crippen LogP contribution in [-0.2, 0) is 0 Å². The van der Waals surface area contributed by atoms with E-state index in [-0.39, 0.29) is 23.3 Å². The summed E-state index contributed by atoms with van der Waals surface area (Å²) in [4.78, 5) is 28.8. The maximum Gasteiger partial charge on any atom is 0.276 e. The summed E-state index contributed by atoms with van der Waals surface area (Å²) in [5.74, 6) is 0.0839. The molecule has 2 amide bonds. The van der Waals surface area contributed by atoms with Crippen molar-refractivity contribution in [3.05, 3.63) is 34.3 Å². The monoisotopic (exact) mass is 401 g/mol. The minimum absolute atomic E-state index is 0.0548. The van der Waals surface area contributed by atoms with Crippen molar-refractivity contribution in [1.29, 1.82) is 0 Å². The lowest BCUT2D eigenvalue weighted by Gasteiger charge is -2.53. The second-order valence-electron chi connectivity index (χ2n) is 7.78. The summed E-state index contributed by atoms with van der Waals surface area (Å²) in [5.41, 5.74) is 1.40. The van der Waals surface area contributed by atoms with Gasteiger partial charge in [0.05, 0.1) is 17.8 Å². The third kappa shape index (κ3) is 3.23. The van der Waals surface area contributed by atoms with Gasteiger partial charge < -0.3 is 9.80 Å². The normalized spacial score (nSPS) is 20.8. The Morgan fingerprint density at radius 2 is 2.00 bits per heavy atom. The quantitative estimate of drug-likeness (QED) is 0.772. The Hall–Kier alpha value is -2.22. The smallest absolute Gasteiger partial charge is 0.276 e. The summed E-state index contributed by atoms with van der Waals surface area (Å²) in [7, 11) is 0. The Balaban J connectivity index is 1.42. The number of thiophene rings is 1. The van der Waals surface area contributed by atoms with Gasteiger partial charge in [-0.1, -0.05) is 5.21 Å². The first-order valence-corrected chi connectivity index (χ1v) is 11.0. The van der Waals surface area contributed by atoms with E-state index in [1.165, 1.54) is 0 Å². The van der Waals surface area contributed by atoms with E-state index < -0.39 is 0 Å². The molecule has 2 aliphatic rings. The van der Waals surface area contributed by atoms with E-state index in [1.54, 1.807) is 16.2 Å². The molecule has 1 unspecified atom stereocenters. The summed E-state index contributed by atoms with van der Waals surface area (Å²) in [5, 5.41) is 12.3. The van der Waals surface area contributed by atoms with Crippen LogP contribution in [0, 0.1) is 5.41 Å². The molecule has 8 heteroatoms. The molecule has 150 valence electrons. The highest BCUT2D eigenvalue weighted by Gasteiger charge is 2.50. The topological polar surface area (TPSA) is 71.3 Å². The van der Waals surface area contributed by atoms with Crippen LogP contribution in [0.1, 0.15) is 66.4 Å². The number of hydrogen-bond acceptors (Lipinski definition) is 5. The number of carbonyl (C=O) groups is 2. The van der Waals surface area contributed by atoms with E-state index in [4.69, 9.17) is 0 Å². The molecule has 2 fully saturated rings. The molecule has 1 saturated heterocycles. The maximum absolute atomic E-state index is 12.6. The lowest BCUT2D eigenvalue weighted by Crippen LogP contribution is -2.51. The van der Waals surface area contributed by atoms with Gasteiger partial charge in [-0.2, -0.15) is 11.3 Å². The molecule has 1 aliphatic heterocycles. The number of aromatic nitrogens is 3. The molecule has 1 atom stereocenters. The summed E-state index contributed by atoms with van der Waals surface area (Å²) in [6, 6.07) is 2.17. The molecule has 1 saturated carbocycles. The maximum atomic E-state index is 12.6. The fraction of sp³-hybridized carbons (Fsp3) is 0.600. The molecular weight excluding hydrogens is 374 g/mol. The molecule has 4 rings (SSSR count). The lowest BCUT2D eigenvalue weighted by atomic mass is 9.59. The van der Waals surface area contributed by atoms with Crippen LogP contribution in [0.15, 0.2) is 23.0 Å². The van der Waals surface area contributed by atoms with Gasteiger partial charge in [-0.05, 0) is 56.4 Å². The van der Waals surface area contributed by atoms with Crippen molar-refractivity contribution in [3.8, 4) is 0 Å². The van der Waals surface area contributed by atoms with Crippen molar-refractivity contribution in [1.82, 2.24) is 24.8 Å². The lowest BCUT2D eigenvalue weighted by molar-refractivity contribution is -0.0268. The molecule has 2 aromatic heterocycles. The van der Waals surface area contributed by atoms with Crippen molar-refractivity contribution in [2.45, 2.75) is 45.6 Å². The molecule has 0 N–H and O–H groups in total. The number of nitrogens with zero attached hydrogens (tertiary/aromatic N) is 5. The molecular formula is C20H27N5O2S. The molecule has 28 heavy (non-hydrogen) atoms. The predicted molar refractivity (Wildman–Crippen MR) is 107 cm³/mol. The van der Waals surface area contributed by atoms with E-state index in [2.05, 4.69) is 10.3 Å². The highest BCUT2D eigenvalue weighted by Crippen LogP contribution is 2.56. The summed E-state index contributed by atoms with van der Waals surface area (Å²) < 4.78 is 1.90. The number of likely N-dealkylation sites (tertiary alicyclic amines) is 1. The number of piperidine rings is 1. The molecule has 0 radical (unpaired) electrons. The third-order valence-electron chi connectivity index (χ3n) is 6.54. The van der Waals surface area contributed by atoms with E-state index in [0.29, 0.717) is 18.8 Å². The van der Waals surface area contributed by atoms with E-state index in [1.807, 2.05) is 46.5 Å². The van der Waals surface area contributed by atoms with Gasteiger partial charge in [0.25, 0.3) is 11.8 Å². The highest BCUT2D eigenvalue weighted by molar-refractivity contribution is 7.08. The average molecular weight is 402 g/mol. The molecule has 0 aromatic carbocycles. The first-order chi connectivity index (χ1) is 13.6. The van der Waals surface area contributed by atoms with Crippen molar-refractivity contribution in [2.24, 2.45) is 5.41 Å². The third-order valence-corrected chi connectivity index (χ3v) is 7.22. The van der Waals surface area contributed by atoms with Gasteiger partial charge in [-0.25, -0.2) is 4.68 Å². The zero-order valence-corrected chi connectivity index (χ0v) is 17.3. The number of hydrogen-bond donors (Lipinski definition) is 0. The molecule has 2 aromatic rings. The van der Waals surface area contributed by atoms with Crippen LogP contribution < -0.4 is 0 Å². The van der Waals surface area contributed by atoms with E-state index in [0.717, 1.165) is 44.3 Å². The predicted octanol–water partition coefficient (Wildman–Crippen LogP) is 3.08. The summed E-state index contributed by atoms with van der Waals surface area (Å²) in [6.45, 7) is 6.85. The Morgan fingerprint density at radius 1 is 1.25 bits per heavy atom. The van der Waals surface area contributed by atoms with Gasteiger partial charge in [-0.3, -0.25) is 9.59 Å². The molecule has 3 heterocycles. The van der Waals surface area contributed by atoms with Gasteiger partial charge in [0.2, 0.25) is 0 Å². The van der Waals surface area contributed by atoms with Crippen LogP contribution in [0.2, 0.25) is 0 Å². The van der Waals surface area contributed by atoms with Crippen LogP contribution in [0.5, 0.6) is 0 Å². The van der Waals surface area contributed by atoms with E-state index >= 15 is 0 Å².